The van der Waals surface area contributed by atoms with Gasteiger partial charge in [-0.2, -0.15) is 13.2 Å². The van der Waals surface area contributed by atoms with Crippen LogP contribution in [0.25, 0.3) is 11.0 Å². The van der Waals surface area contributed by atoms with Gasteiger partial charge < -0.3 is 19.5 Å². The van der Waals surface area contributed by atoms with Crippen molar-refractivity contribution in [2.24, 2.45) is 0 Å². The van der Waals surface area contributed by atoms with Gasteiger partial charge in [0, 0.05) is 36.9 Å². The van der Waals surface area contributed by atoms with Crippen LogP contribution in [0.3, 0.4) is 0 Å². The second-order valence-corrected chi connectivity index (χ2v) is 10.1. The second-order valence-electron chi connectivity index (χ2n) is 9.65. The quantitative estimate of drug-likeness (QED) is 0.440. The number of alkyl halides is 3. The number of aryl methyl sites for hydroxylation is 2. The van der Waals surface area contributed by atoms with Crippen molar-refractivity contribution < 1.29 is 22.8 Å². The van der Waals surface area contributed by atoms with Crippen molar-refractivity contribution in [2.75, 3.05) is 55.6 Å². The third-order valence-electron chi connectivity index (χ3n) is 7.07. The molecule has 3 aromatic rings. The maximum absolute atomic E-state index is 12.9. The van der Waals surface area contributed by atoms with Crippen molar-refractivity contribution in [1.82, 2.24) is 24.8 Å². The Hall–Kier alpha value is -3.12. The molecule has 0 amide bonds. The summed E-state index contributed by atoms with van der Waals surface area (Å²) in [5.41, 5.74) is 2.74. The number of aromatic nitrogens is 4. The molecule has 5 rings (SSSR count). The van der Waals surface area contributed by atoms with Crippen molar-refractivity contribution in [3.05, 3.63) is 40.8 Å². The van der Waals surface area contributed by atoms with E-state index >= 15 is 0 Å². The van der Waals surface area contributed by atoms with Gasteiger partial charge in [-0.15, -0.1) is 5.10 Å². The molecule has 2 aromatic heterocycles. The number of rotatable bonds is 7. The first-order valence-electron chi connectivity index (χ1n) is 12.7. The van der Waals surface area contributed by atoms with E-state index in [2.05, 4.69) is 34.6 Å². The lowest BCUT2D eigenvalue weighted by Gasteiger charge is -2.37. The number of anilines is 2. The predicted molar refractivity (Wildman–Crippen MR) is 138 cm³/mol. The van der Waals surface area contributed by atoms with Crippen molar-refractivity contribution in [3.63, 3.8) is 0 Å². The first kappa shape index (κ1) is 26.5. The zero-order valence-corrected chi connectivity index (χ0v) is 21.8. The zero-order chi connectivity index (χ0) is 26.9. The van der Waals surface area contributed by atoms with Gasteiger partial charge in [-0.1, -0.05) is 22.5 Å². The molecule has 204 valence electrons. The number of nitrogens with zero attached hydrogens (tertiary/aromatic N) is 7. The molecule has 2 fully saturated rings. The minimum atomic E-state index is -5.15. The largest absolute Gasteiger partial charge is 0.493 e. The molecule has 0 saturated carbocycles. The Balaban J connectivity index is 1.41. The molecule has 13 heteroatoms. The summed E-state index contributed by atoms with van der Waals surface area (Å²) < 4.78 is 38.8. The predicted octanol–water partition coefficient (Wildman–Crippen LogP) is 3.66. The van der Waals surface area contributed by atoms with E-state index < -0.39 is 12.1 Å². The number of fused-ring (bicyclic) bond motifs is 1. The Morgan fingerprint density at radius 1 is 1.05 bits per heavy atom. The number of hydrogen-bond acceptors (Lipinski definition) is 8. The summed E-state index contributed by atoms with van der Waals surface area (Å²) in [5.74, 6) is -1.78. The Morgan fingerprint density at radius 2 is 1.76 bits per heavy atom. The van der Waals surface area contributed by atoms with E-state index in [1.807, 2.05) is 25.1 Å². The van der Waals surface area contributed by atoms with Crippen molar-refractivity contribution in [1.29, 1.82) is 0 Å². The molecule has 0 atom stereocenters. The highest BCUT2D eigenvalue weighted by molar-refractivity contribution is 6.30. The highest BCUT2D eigenvalue weighted by atomic mass is 35.5. The van der Waals surface area contributed by atoms with Gasteiger partial charge in [-0.25, -0.2) is 14.8 Å². The number of hydrogen-bond donors (Lipinski definition) is 0. The highest BCUT2D eigenvalue weighted by Gasteiger charge is 2.42. The van der Waals surface area contributed by atoms with Crippen LogP contribution in [0.1, 0.15) is 30.5 Å². The maximum Gasteiger partial charge on any atom is 0.493 e. The molecule has 2 saturated heterocycles. The molecule has 1 aromatic carbocycles. The Morgan fingerprint density at radius 3 is 2.47 bits per heavy atom. The molecule has 0 unspecified atom stereocenters. The van der Waals surface area contributed by atoms with Crippen LogP contribution in [0.4, 0.5) is 24.7 Å². The van der Waals surface area contributed by atoms with Crippen LogP contribution in [0.5, 0.6) is 0 Å². The molecular formula is C25H29ClF3N7O2. The summed E-state index contributed by atoms with van der Waals surface area (Å²) in [5, 5.41) is 5.43. The standard InChI is InChI=1S/C25H29ClF3N7O2/c1-17-6-7-18(26)15-20(17)34-11-13-35(14-12-34)22-21-19(5-4-10-33-8-2-3-9-33)32-36(23(21)31-16-30-22)38-24(37)25(27,28)29/h6-7,15-16H,2-5,8-14H2,1H3. The second kappa shape index (κ2) is 10.9. The molecule has 38 heavy (non-hydrogen) atoms. The van der Waals surface area contributed by atoms with E-state index in [0.29, 0.717) is 59.4 Å². The van der Waals surface area contributed by atoms with Crippen LogP contribution in [-0.2, 0) is 11.2 Å². The molecule has 0 spiro atoms. The Kier molecular flexibility index (Phi) is 7.62. The fourth-order valence-corrected chi connectivity index (χ4v) is 5.31. The van der Waals surface area contributed by atoms with Gasteiger partial charge in [-0.3, -0.25) is 0 Å². The van der Waals surface area contributed by atoms with Crippen LogP contribution in [0.2, 0.25) is 5.02 Å². The number of halogens is 4. The van der Waals surface area contributed by atoms with E-state index in [9.17, 15) is 18.0 Å². The molecule has 0 bridgehead atoms. The van der Waals surface area contributed by atoms with Crippen LogP contribution in [-0.4, -0.2) is 82.8 Å². The van der Waals surface area contributed by atoms with Gasteiger partial charge in [0.05, 0.1) is 11.1 Å². The smallest absolute Gasteiger partial charge is 0.368 e. The number of benzene rings is 1. The van der Waals surface area contributed by atoms with Gasteiger partial charge in [0.2, 0.25) is 5.65 Å². The van der Waals surface area contributed by atoms with E-state index in [1.54, 1.807) is 0 Å². The molecule has 2 aliphatic heterocycles. The average Bonchev–Trinajstić information content (AvgIpc) is 3.53. The highest BCUT2D eigenvalue weighted by Crippen LogP contribution is 2.31. The summed E-state index contributed by atoms with van der Waals surface area (Å²) in [4.78, 5) is 32.1. The number of carbonyl (C=O) groups is 1. The zero-order valence-electron chi connectivity index (χ0n) is 21.0. The van der Waals surface area contributed by atoms with Gasteiger partial charge in [-0.05, 0) is 69.9 Å². The summed E-state index contributed by atoms with van der Waals surface area (Å²) >= 11 is 6.22. The summed E-state index contributed by atoms with van der Waals surface area (Å²) in [6.45, 7) is 7.64. The van der Waals surface area contributed by atoms with Crippen molar-refractivity contribution in [2.45, 2.75) is 38.8 Å². The number of likely N-dealkylation sites (tertiary alicyclic amines) is 1. The molecule has 4 heterocycles. The molecular weight excluding hydrogens is 523 g/mol. The fraction of sp³-hybridized carbons (Fsp3) is 0.520. The lowest BCUT2D eigenvalue weighted by molar-refractivity contribution is -0.200. The van der Waals surface area contributed by atoms with Crippen LogP contribution >= 0.6 is 11.6 Å². The average molecular weight is 552 g/mol. The van der Waals surface area contributed by atoms with E-state index in [0.717, 1.165) is 37.3 Å². The molecule has 2 aliphatic rings. The van der Waals surface area contributed by atoms with Gasteiger partial charge in [0.15, 0.2) is 0 Å². The summed E-state index contributed by atoms with van der Waals surface area (Å²) in [6, 6.07) is 5.80. The summed E-state index contributed by atoms with van der Waals surface area (Å²) in [7, 11) is 0. The van der Waals surface area contributed by atoms with Gasteiger partial charge >= 0.3 is 12.1 Å². The van der Waals surface area contributed by atoms with Gasteiger partial charge in [0.1, 0.15) is 12.1 Å². The topological polar surface area (TPSA) is 79.6 Å². The van der Waals surface area contributed by atoms with E-state index in [1.165, 1.54) is 19.2 Å². The first-order valence-corrected chi connectivity index (χ1v) is 13.1. The third-order valence-corrected chi connectivity index (χ3v) is 7.30. The van der Waals surface area contributed by atoms with Crippen LogP contribution in [0.15, 0.2) is 24.5 Å². The van der Waals surface area contributed by atoms with E-state index in [4.69, 9.17) is 11.6 Å². The Bertz CT molecular complexity index is 1300. The SMILES string of the molecule is Cc1ccc(Cl)cc1N1CCN(c2ncnc3c2c(CCCN2CCCC2)nn3OC(=O)C(F)(F)F)CC1. The monoisotopic (exact) mass is 551 g/mol. The third kappa shape index (κ3) is 5.65. The lowest BCUT2D eigenvalue weighted by atomic mass is 10.1. The molecule has 0 N–H and O–H groups in total. The Labute approximate surface area is 223 Å². The lowest BCUT2D eigenvalue weighted by Crippen LogP contribution is -2.47. The summed E-state index contributed by atoms with van der Waals surface area (Å²) in [6.07, 6.45) is -0.300. The number of carbonyl (C=O) groups excluding carboxylic acids is 1. The van der Waals surface area contributed by atoms with Crippen molar-refractivity contribution in [3.8, 4) is 0 Å². The normalized spacial score (nSPS) is 17.0. The minimum absolute atomic E-state index is 0.0388. The fourth-order valence-electron chi connectivity index (χ4n) is 5.14. The molecule has 0 radical (unpaired) electrons. The maximum atomic E-state index is 12.9. The van der Waals surface area contributed by atoms with E-state index in [-0.39, 0.29) is 5.65 Å². The van der Waals surface area contributed by atoms with Crippen LogP contribution < -0.4 is 14.6 Å². The first-order chi connectivity index (χ1) is 18.2. The van der Waals surface area contributed by atoms with Crippen LogP contribution in [0, 0.1) is 6.92 Å². The molecule has 9 nitrogen and oxygen atoms in total. The minimum Gasteiger partial charge on any atom is -0.368 e. The van der Waals surface area contributed by atoms with Gasteiger partial charge in [0.25, 0.3) is 0 Å². The number of piperazine rings is 1. The van der Waals surface area contributed by atoms with Crippen molar-refractivity contribution >= 4 is 40.1 Å². The molecule has 0 aliphatic carbocycles.